The number of hydrogen-bond acceptors (Lipinski definition) is 4. The number of carbonyl (C=O) groups excluding carboxylic acids is 1. The molecule has 1 amide bonds. The Labute approximate surface area is 153 Å². The second kappa shape index (κ2) is 7.95. The van der Waals surface area contributed by atoms with Crippen molar-refractivity contribution in [3.8, 4) is 17.2 Å². The van der Waals surface area contributed by atoms with Gasteiger partial charge in [-0.25, -0.2) is 0 Å². The van der Waals surface area contributed by atoms with E-state index in [-0.39, 0.29) is 5.91 Å². The van der Waals surface area contributed by atoms with Crippen LogP contribution in [-0.4, -0.2) is 38.7 Å². The van der Waals surface area contributed by atoms with Crippen molar-refractivity contribution >= 4 is 12.0 Å². The van der Waals surface area contributed by atoms with Crippen molar-refractivity contribution in [2.75, 3.05) is 27.9 Å². The highest BCUT2D eigenvalue weighted by molar-refractivity contribution is 5.92. The minimum absolute atomic E-state index is 0.0173. The van der Waals surface area contributed by atoms with E-state index in [1.807, 2.05) is 17.0 Å². The lowest BCUT2D eigenvalue weighted by Crippen LogP contribution is -2.34. The summed E-state index contributed by atoms with van der Waals surface area (Å²) in [6.07, 6.45) is 4.22. The summed E-state index contributed by atoms with van der Waals surface area (Å²) in [4.78, 5) is 14.5. The molecule has 0 N–H and O–H groups in total. The Kier molecular flexibility index (Phi) is 5.46. The van der Waals surface area contributed by atoms with Crippen molar-refractivity contribution in [3.63, 3.8) is 0 Å². The van der Waals surface area contributed by atoms with Gasteiger partial charge in [0, 0.05) is 30.8 Å². The molecule has 1 heterocycles. The fraction of sp³-hybridized carbons (Fsp3) is 0.286. The number of ether oxygens (including phenoxy) is 3. The number of carbonyl (C=O) groups is 1. The number of rotatable bonds is 5. The van der Waals surface area contributed by atoms with E-state index in [4.69, 9.17) is 14.2 Å². The number of nitrogens with zero attached hydrogens (tertiary/aromatic N) is 1. The second-order valence-electron chi connectivity index (χ2n) is 6.06. The summed E-state index contributed by atoms with van der Waals surface area (Å²) in [5.74, 6) is 1.78. The summed E-state index contributed by atoms with van der Waals surface area (Å²) in [6, 6.07) is 11.8. The average Bonchev–Trinajstić information content (AvgIpc) is 2.70. The first-order valence-electron chi connectivity index (χ1n) is 8.50. The van der Waals surface area contributed by atoms with Crippen LogP contribution in [0.15, 0.2) is 42.5 Å². The molecule has 0 spiro atoms. The molecule has 0 aliphatic carbocycles. The van der Waals surface area contributed by atoms with Gasteiger partial charge in [0.15, 0.2) is 11.5 Å². The maximum absolute atomic E-state index is 12.6. The summed E-state index contributed by atoms with van der Waals surface area (Å²) < 4.78 is 16.0. The van der Waals surface area contributed by atoms with Crippen molar-refractivity contribution in [2.24, 2.45) is 0 Å². The highest BCUT2D eigenvalue weighted by Gasteiger charge is 2.18. The Morgan fingerprint density at radius 1 is 0.962 bits per heavy atom. The molecule has 5 heteroatoms. The predicted molar refractivity (Wildman–Crippen MR) is 101 cm³/mol. The van der Waals surface area contributed by atoms with E-state index in [9.17, 15) is 4.79 Å². The van der Waals surface area contributed by atoms with Crippen molar-refractivity contribution in [2.45, 2.75) is 13.0 Å². The van der Waals surface area contributed by atoms with Crippen LogP contribution in [0, 0.1) is 0 Å². The third-order valence-electron chi connectivity index (χ3n) is 4.58. The number of benzene rings is 2. The predicted octanol–water partition coefficient (Wildman–Crippen LogP) is 3.31. The number of amides is 1. The van der Waals surface area contributed by atoms with Crippen LogP contribution < -0.4 is 14.2 Å². The third-order valence-corrected chi connectivity index (χ3v) is 4.58. The van der Waals surface area contributed by atoms with Crippen molar-refractivity contribution in [3.05, 3.63) is 59.2 Å². The molecular formula is C21H23NO4. The summed E-state index contributed by atoms with van der Waals surface area (Å²) in [5, 5.41) is 0. The Balaban J connectivity index is 1.78. The van der Waals surface area contributed by atoms with Crippen LogP contribution in [0.3, 0.4) is 0 Å². The van der Waals surface area contributed by atoms with Crippen LogP contribution in [0.2, 0.25) is 0 Å². The Hall–Kier alpha value is -2.95. The zero-order chi connectivity index (χ0) is 18.5. The summed E-state index contributed by atoms with van der Waals surface area (Å²) in [6.45, 7) is 1.37. The molecule has 1 aliphatic heterocycles. The maximum atomic E-state index is 12.6. The molecule has 26 heavy (non-hydrogen) atoms. The quantitative estimate of drug-likeness (QED) is 0.774. The molecule has 0 saturated carbocycles. The molecule has 1 aliphatic rings. The van der Waals surface area contributed by atoms with Crippen LogP contribution in [0.5, 0.6) is 17.2 Å². The SMILES string of the molecule is COc1cc(OC)c(OC)cc1C=CC(=O)N1CCc2ccccc2C1. The van der Waals surface area contributed by atoms with E-state index in [1.54, 1.807) is 45.6 Å². The Morgan fingerprint density at radius 3 is 2.31 bits per heavy atom. The van der Waals surface area contributed by atoms with Crippen LogP contribution >= 0.6 is 0 Å². The third kappa shape index (κ3) is 3.67. The van der Waals surface area contributed by atoms with Crippen molar-refractivity contribution in [1.29, 1.82) is 0 Å². The highest BCUT2D eigenvalue weighted by Crippen LogP contribution is 2.35. The minimum atomic E-state index is -0.0173. The molecular weight excluding hydrogens is 330 g/mol. The summed E-state index contributed by atoms with van der Waals surface area (Å²) >= 11 is 0. The minimum Gasteiger partial charge on any atom is -0.496 e. The van der Waals surface area contributed by atoms with Crippen LogP contribution in [0.25, 0.3) is 6.08 Å². The molecule has 2 aromatic carbocycles. The van der Waals surface area contributed by atoms with Gasteiger partial charge in [0.05, 0.1) is 21.3 Å². The lowest BCUT2D eigenvalue weighted by molar-refractivity contribution is -0.126. The molecule has 136 valence electrons. The average molecular weight is 353 g/mol. The van der Waals surface area contributed by atoms with Gasteiger partial charge in [-0.2, -0.15) is 0 Å². The smallest absolute Gasteiger partial charge is 0.246 e. The van der Waals surface area contributed by atoms with Crippen LogP contribution in [0.1, 0.15) is 16.7 Å². The fourth-order valence-electron chi connectivity index (χ4n) is 3.13. The molecule has 3 rings (SSSR count). The van der Waals surface area contributed by atoms with Gasteiger partial charge in [-0.3, -0.25) is 4.79 Å². The van der Waals surface area contributed by atoms with Gasteiger partial charge >= 0.3 is 0 Å². The molecule has 0 aromatic heterocycles. The van der Waals surface area contributed by atoms with Gasteiger partial charge in [0.2, 0.25) is 5.91 Å². The summed E-state index contributed by atoms with van der Waals surface area (Å²) in [7, 11) is 4.74. The first kappa shape index (κ1) is 17.9. The number of methoxy groups -OCH3 is 3. The zero-order valence-corrected chi connectivity index (χ0v) is 15.3. The Morgan fingerprint density at radius 2 is 1.62 bits per heavy atom. The van der Waals surface area contributed by atoms with Gasteiger partial charge in [-0.15, -0.1) is 0 Å². The molecule has 2 aromatic rings. The van der Waals surface area contributed by atoms with Crippen molar-refractivity contribution < 1.29 is 19.0 Å². The molecule has 0 fully saturated rings. The lowest BCUT2D eigenvalue weighted by atomic mass is 10.00. The maximum Gasteiger partial charge on any atom is 0.246 e. The number of hydrogen-bond donors (Lipinski definition) is 0. The fourth-order valence-corrected chi connectivity index (χ4v) is 3.13. The second-order valence-corrected chi connectivity index (χ2v) is 6.06. The first-order chi connectivity index (χ1) is 12.7. The monoisotopic (exact) mass is 353 g/mol. The normalized spacial score (nSPS) is 13.4. The van der Waals surface area contributed by atoms with Gasteiger partial charge in [0.1, 0.15) is 5.75 Å². The van der Waals surface area contributed by atoms with Gasteiger partial charge < -0.3 is 19.1 Å². The molecule has 0 atom stereocenters. The zero-order valence-electron chi connectivity index (χ0n) is 15.3. The molecule has 0 radical (unpaired) electrons. The van der Waals surface area contributed by atoms with E-state index in [1.165, 1.54) is 11.1 Å². The molecule has 0 unspecified atom stereocenters. The van der Waals surface area contributed by atoms with E-state index in [0.29, 0.717) is 23.8 Å². The standard InChI is InChI=1S/C21H23NO4/c1-24-18-13-20(26-3)19(25-2)12-16(18)8-9-21(23)22-11-10-15-6-4-5-7-17(15)14-22/h4-9,12-13H,10-11,14H2,1-3H3. The van der Waals surface area contributed by atoms with Crippen LogP contribution in [0.4, 0.5) is 0 Å². The first-order valence-corrected chi connectivity index (χ1v) is 8.50. The molecule has 0 bridgehead atoms. The van der Waals surface area contributed by atoms with E-state index in [0.717, 1.165) is 18.5 Å². The van der Waals surface area contributed by atoms with E-state index < -0.39 is 0 Å². The summed E-state index contributed by atoms with van der Waals surface area (Å²) in [5.41, 5.74) is 3.29. The van der Waals surface area contributed by atoms with Gasteiger partial charge in [-0.1, -0.05) is 24.3 Å². The van der Waals surface area contributed by atoms with Gasteiger partial charge in [-0.05, 0) is 29.7 Å². The van der Waals surface area contributed by atoms with Crippen LogP contribution in [-0.2, 0) is 17.8 Å². The van der Waals surface area contributed by atoms with E-state index in [2.05, 4.69) is 12.1 Å². The lowest BCUT2D eigenvalue weighted by Gasteiger charge is -2.27. The van der Waals surface area contributed by atoms with Gasteiger partial charge in [0.25, 0.3) is 0 Å². The van der Waals surface area contributed by atoms with Crippen molar-refractivity contribution in [1.82, 2.24) is 4.90 Å². The largest absolute Gasteiger partial charge is 0.496 e. The Bertz CT molecular complexity index is 829. The highest BCUT2D eigenvalue weighted by atomic mass is 16.5. The van der Waals surface area contributed by atoms with E-state index >= 15 is 0 Å². The number of fused-ring (bicyclic) bond motifs is 1. The molecule has 0 saturated heterocycles. The topological polar surface area (TPSA) is 48.0 Å². The molecule has 5 nitrogen and oxygen atoms in total.